The highest BCUT2D eigenvalue weighted by atomic mass is 19.1. The number of methoxy groups -OCH3 is 2. The molecule has 1 N–H and O–H groups in total. The maximum absolute atomic E-state index is 14.0. The molecule has 0 atom stereocenters. The quantitative estimate of drug-likeness (QED) is 0.754. The van der Waals surface area contributed by atoms with E-state index in [9.17, 15) is 4.39 Å². The van der Waals surface area contributed by atoms with Crippen molar-refractivity contribution >= 4 is 0 Å². The molecule has 0 amide bonds. The maximum Gasteiger partial charge on any atom is 0.131 e. The number of nitrogens with zero attached hydrogens (tertiary/aromatic N) is 2. The minimum atomic E-state index is -0.277. The summed E-state index contributed by atoms with van der Waals surface area (Å²) in [5, 5.41) is 3.23. The van der Waals surface area contributed by atoms with Gasteiger partial charge in [-0.15, -0.1) is 0 Å². The lowest BCUT2D eigenvalue weighted by Gasteiger charge is -2.10. The van der Waals surface area contributed by atoms with Gasteiger partial charge in [0, 0.05) is 37.7 Å². The Kier molecular flexibility index (Phi) is 5.71. The molecule has 2 aromatic rings. The molecule has 0 aliphatic carbocycles. The minimum Gasteiger partial charge on any atom is -0.497 e. The second-order valence-corrected chi connectivity index (χ2v) is 4.60. The van der Waals surface area contributed by atoms with E-state index in [1.165, 1.54) is 13.2 Å². The van der Waals surface area contributed by atoms with Crippen LogP contribution in [-0.2, 0) is 17.8 Å². The van der Waals surface area contributed by atoms with Crippen molar-refractivity contribution in [1.29, 1.82) is 0 Å². The predicted molar refractivity (Wildman–Crippen MR) is 77.9 cm³/mol. The highest BCUT2D eigenvalue weighted by molar-refractivity contribution is 5.29. The number of benzene rings is 1. The third-order valence-electron chi connectivity index (χ3n) is 3.17. The molecular weight excluding hydrogens is 273 g/mol. The number of halogens is 1. The zero-order chi connectivity index (χ0) is 15.1. The van der Waals surface area contributed by atoms with E-state index in [-0.39, 0.29) is 5.82 Å². The van der Waals surface area contributed by atoms with Gasteiger partial charge >= 0.3 is 0 Å². The summed E-state index contributed by atoms with van der Waals surface area (Å²) >= 11 is 0. The van der Waals surface area contributed by atoms with Crippen LogP contribution in [0.3, 0.4) is 0 Å². The lowest BCUT2D eigenvalue weighted by Crippen LogP contribution is -2.21. The van der Waals surface area contributed by atoms with Crippen LogP contribution in [-0.4, -0.2) is 36.9 Å². The van der Waals surface area contributed by atoms with Gasteiger partial charge in [-0.2, -0.15) is 0 Å². The first-order valence-electron chi connectivity index (χ1n) is 6.76. The van der Waals surface area contributed by atoms with Crippen molar-refractivity contribution in [2.24, 2.45) is 0 Å². The van der Waals surface area contributed by atoms with Crippen LogP contribution in [0.25, 0.3) is 0 Å². The van der Waals surface area contributed by atoms with Crippen LogP contribution in [0.1, 0.15) is 11.4 Å². The SMILES string of the molecule is COCCNCc1nccn1Cc1ccc(OC)cc1F. The second kappa shape index (κ2) is 7.75. The van der Waals surface area contributed by atoms with E-state index in [4.69, 9.17) is 9.47 Å². The monoisotopic (exact) mass is 293 g/mol. The van der Waals surface area contributed by atoms with Gasteiger partial charge in [-0.25, -0.2) is 9.37 Å². The van der Waals surface area contributed by atoms with Gasteiger partial charge in [-0.1, -0.05) is 6.07 Å². The lowest BCUT2D eigenvalue weighted by atomic mass is 10.2. The Hall–Kier alpha value is -1.92. The van der Waals surface area contributed by atoms with Crippen molar-refractivity contribution in [3.8, 4) is 5.75 Å². The van der Waals surface area contributed by atoms with Crippen LogP contribution in [0, 0.1) is 5.82 Å². The molecule has 1 aromatic carbocycles. The van der Waals surface area contributed by atoms with E-state index in [0.717, 1.165) is 12.4 Å². The van der Waals surface area contributed by atoms with Crippen LogP contribution in [0.5, 0.6) is 5.75 Å². The molecule has 0 unspecified atom stereocenters. The van der Waals surface area contributed by atoms with Crippen molar-refractivity contribution in [1.82, 2.24) is 14.9 Å². The average Bonchev–Trinajstić information content (AvgIpc) is 2.93. The molecule has 6 heteroatoms. The zero-order valence-corrected chi connectivity index (χ0v) is 12.3. The summed E-state index contributed by atoms with van der Waals surface area (Å²) in [6, 6.07) is 4.88. The van der Waals surface area contributed by atoms with Crippen LogP contribution in [0.4, 0.5) is 4.39 Å². The van der Waals surface area contributed by atoms with Crippen molar-refractivity contribution in [3.05, 3.63) is 47.8 Å². The molecule has 1 aromatic heterocycles. The van der Waals surface area contributed by atoms with E-state index in [1.54, 1.807) is 25.4 Å². The smallest absolute Gasteiger partial charge is 0.131 e. The normalized spacial score (nSPS) is 10.8. The Morgan fingerprint density at radius 1 is 1.33 bits per heavy atom. The first-order valence-corrected chi connectivity index (χ1v) is 6.76. The molecule has 2 rings (SSSR count). The van der Waals surface area contributed by atoms with Gasteiger partial charge < -0.3 is 19.4 Å². The number of rotatable bonds is 8. The van der Waals surface area contributed by atoms with Gasteiger partial charge in [0.05, 0.1) is 26.8 Å². The second-order valence-electron chi connectivity index (χ2n) is 4.60. The largest absolute Gasteiger partial charge is 0.497 e. The van der Waals surface area contributed by atoms with Crippen LogP contribution in [0.15, 0.2) is 30.6 Å². The molecule has 0 spiro atoms. The van der Waals surface area contributed by atoms with Crippen LogP contribution >= 0.6 is 0 Å². The fraction of sp³-hybridized carbons (Fsp3) is 0.400. The lowest BCUT2D eigenvalue weighted by molar-refractivity contribution is 0.199. The average molecular weight is 293 g/mol. The number of imidazole rings is 1. The predicted octanol–water partition coefficient (Wildman–Crippen LogP) is 1.82. The van der Waals surface area contributed by atoms with Gasteiger partial charge in [0.25, 0.3) is 0 Å². The standard InChI is InChI=1S/C15H20FN3O2/c1-20-8-6-17-10-15-18-5-7-19(15)11-12-3-4-13(21-2)9-14(12)16/h3-5,7,9,17H,6,8,10-11H2,1-2H3. The molecule has 0 radical (unpaired) electrons. The van der Waals surface area contributed by atoms with Crippen molar-refractivity contribution in [3.63, 3.8) is 0 Å². The van der Waals surface area contributed by atoms with Crippen molar-refractivity contribution in [2.45, 2.75) is 13.1 Å². The molecule has 0 fully saturated rings. The van der Waals surface area contributed by atoms with Gasteiger partial charge in [-0.3, -0.25) is 0 Å². The Morgan fingerprint density at radius 2 is 2.19 bits per heavy atom. The Morgan fingerprint density at radius 3 is 2.90 bits per heavy atom. The Bertz CT molecular complexity index is 572. The molecule has 0 bridgehead atoms. The minimum absolute atomic E-state index is 0.277. The third-order valence-corrected chi connectivity index (χ3v) is 3.17. The molecule has 0 saturated carbocycles. The van der Waals surface area contributed by atoms with E-state index in [1.807, 2.05) is 10.8 Å². The summed E-state index contributed by atoms with van der Waals surface area (Å²) in [5.41, 5.74) is 0.604. The molecule has 21 heavy (non-hydrogen) atoms. The fourth-order valence-electron chi connectivity index (χ4n) is 1.99. The molecular formula is C15H20FN3O2. The van der Waals surface area contributed by atoms with Gasteiger partial charge in [0.2, 0.25) is 0 Å². The number of aromatic nitrogens is 2. The van der Waals surface area contributed by atoms with Crippen LogP contribution in [0.2, 0.25) is 0 Å². The van der Waals surface area contributed by atoms with Crippen molar-refractivity contribution in [2.75, 3.05) is 27.4 Å². The van der Waals surface area contributed by atoms with Gasteiger partial charge in [0.15, 0.2) is 0 Å². The highest BCUT2D eigenvalue weighted by Gasteiger charge is 2.08. The molecule has 1 heterocycles. The summed E-state index contributed by atoms with van der Waals surface area (Å²) in [4.78, 5) is 4.29. The third kappa shape index (κ3) is 4.27. The first-order chi connectivity index (χ1) is 10.2. The summed E-state index contributed by atoms with van der Waals surface area (Å²) in [7, 11) is 3.18. The fourth-order valence-corrected chi connectivity index (χ4v) is 1.99. The topological polar surface area (TPSA) is 48.3 Å². The molecule has 114 valence electrons. The number of nitrogens with one attached hydrogen (secondary N) is 1. The molecule has 5 nitrogen and oxygen atoms in total. The van der Waals surface area contributed by atoms with E-state index in [0.29, 0.717) is 31.0 Å². The number of hydrogen-bond acceptors (Lipinski definition) is 4. The molecule has 0 aliphatic rings. The summed E-state index contributed by atoms with van der Waals surface area (Å²) in [5.74, 6) is 1.10. The van der Waals surface area contributed by atoms with Crippen LogP contribution < -0.4 is 10.1 Å². The maximum atomic E-state index is 14.0. The Labute approximate surface area is 123 Å². The number of hydrogen-bond donors (Lipinski definition) is 1. The number of ether oxygens (including phenoxy) is 2. The highest BCUT2D eigenvalue weighted by Crippen LogP contribution is 2.17. The summed E-state index contributed by atoms with van der Waals surface area (Å²) < 4.78 is 25.9. The van der Waals surface area contributed by atoms with Gasteiger partial charge in [-0.05, 0) is 6.07 Å². The zero-order valence-electron chi connectivity index (χ0n) is 12.3. The molecule has 0 aliphatic heterocycles. The van der Waals surface area contributed by atoms with Gasteiger partial charge in [0.1, 0.15) is 17.4 Å². The Balaban J connectivity index is 2.01. The first kappa shape index (κ1) is 15.5. The molecule has 0 saturated heterocycles. The van der Waals surface area contributed by atoms with E-state index >= 15 is 0 Å². The van der Waals surface area contributed by atoms with E-state index in [2.05, 4.69) is 10.3 Å². The summed E-state index contributed by atoms with van der Waals surface area (Å²) in [6.07, 6.45) is 3.56. The van der Waals surface area contributed by atoms with E-state index < -0.39 is 0 Å². The summed E-state index contributed by atoms with van der Waals surface area (Å²) in [6.45, 7) is 2.46. The van der Waals surface area contributed by atoms with Crippen molar-refractivity contribution < 1.29 is 13.9 Å².